The van der Waals surface area contributed by atoms with E-state index in [1.807, 2.05) is 11.3 Å². The Morgan fingerprint density at radius 1 is 0.264 bits per heavy atom. The first-order chi connectivity index (χ1) is 42.4. The second-order valence-electron chi connectivity index (χ2n) is 25.0. The van der Waals surface area contributed by atoms with Crippen LogP contribution in [0.4, 0.5) is 68.2 Å². The number of hydrogen-bond donors (Lipinski definition) is 0. The van der Waals surface area contributed by atoms with Gasteiger partial charge >= 0.3 is 0 Å². The van der Waals surface area contributed by atoms with Gasteiger partial charge in [0.05, 0.1) is 11.4 Å². The van der Waals surface area contributed by atoms with Crippen LogP contribution in [0.15, 0.2) is 231 Å². The number of aryl methyl sites for hydroxylation is 8. The monoisotopic (exact) mass is 1130 g/mol. The quantitative estimate of drug-likeness (QED) is 0.154. The number of para-hydroxylation sites is 2. The summed E-state index contributed by atoms with van der Waals surface area (Å²) in [6.45, 7) is 18.0. The van der Waals surface area contributed by atoms with Crippen molar-refractivity contribution in [1.82, 2.24) is 0 Å². The fourth-order valence-electron chi connectivity index (χ4n) is 15.3. The molecule has 0 atom stereocenters. The Morgan fingerprint density at radius 3 is 0.989 bits per heavy atom. The number of fused-ring (bicyclic) bond motifs is 11. The highest BCUT2D eigenvalue weighted by atomic mass is 32.1. The molecule has 0 spiro atoms. The van der Waals surface area contributed by atoms with Crippen LogP contribution in [0.3, 0.4) is 0 Å². The van der Waals surface area contributed by atoms with Crippen molar-refractivity contribution in [3.63, 3.8) is 0 Å². The van der Waals surface area contributed by atoms with Gasteiger partial charge in [-0.25, -0.2) is 0 Å². The normalized spacial score (nSPS) is 13.4. The van der Waals surface area contributed by atoms with Gasteiger partial charge in [0.15, 0.2) is 0 Å². The SMILES string of the molecule is Cc1ccc(N2c3ccc(C)cc3B3c4cc5sc6cc7c(cc6c5cc4N(c4c(C)cccc4C)c4cc(-c5ccccc5)cc2c43)N(c2c(C)cccc2C)c2cc(-c3ccccc3)cc3c2B7c2cc(C)ccc2N3c2ccc(C)cc2)cc1. The molecule has 0 fully saturated rings. The lowest BCUT2D eigenvalue weighted by atomic mass is 9.33. The van der Waals surface area contributed by atoms with Crippen LogP contribution in [-0.4, -0.2) is 13.4 Å². The predicted molar refractivity (Wildman–Crippen MR) is 376 cm³/mol. The van der Waals surface area contributed by atoms with Crippen molar-refractivity contribution in [1.29, 1.82) is 0 Å². The fraction of sp³-hybridized carbons (Fsp3) is 0.100. The highest BCUT2D eigenvalue weighted by Crippen LogP contribution is 2.52. The van der Waals surface area contributed by atoms with Gasteiger partial charge < -0.3 is 19.6 Å². The number of hydrogen-bond acceptors (Lipinski definition) is 5. The maximum Gasteiger partial charge on any atom is 0.252 e. The van der Waals surface area contributed by atoms with E-state index in [9.17, 15) is 0 Å². The van der Waals surface area contributed by atoms with E-state index in [4.69, 9.17) is 0 Å². The Kier molecular flexibility index (Phi) is 11.5. The van der Waals surface area contributed by atoms with E-state index in [2.05, 4.69) is 306 Å². The first kappa shape index (κ1) is 51.6. The van der Waals surface area contributed by atoms with Gasteiger partial charge in [-0.05, 0) is 218 Å². The standard InChI is InChI=1S/C80H62B2N4S/c1-47-25-31-59(32-26-47)83-67-35-29-49(3)37-63(67)81-65-45-75-61(43-69(65)85(79-51(5)17-15-18-52(79)6)73-41-57(39-71(83)77(73)81)55-21-11-9-12-22-55)62-44-70-66(46-76(62)87-75)82-64-38-50(4)30-36-68(64)84(60-33-27-48(2)28-34-60)72-40-58(56-23-13-10-14-24-56)42-74(78(72)82)86(70)80-53(7)19-16-20-54(80)8/h9-46H,1-8H3. The first-order valence-electron chi connectivity index (χ1n) is 30.6. The van der Waals surface area contributed by atoms with E-state index in [-0.39, 0.29) is 13.4 Å². The Bertz CT molecular complexity index is 4690. The van der Waals surface area contributed by atoms with Crippen LogP contribution in [0.5, 0.6) is 0 Å². The zero-order chi connectivity index (χ0) is 58.7. The molecule has 4 nitrogen and oxygen atoms in total. The van der Waals surface area contributed by atoms with Gasteiger partial charge in [-0.3, -0.25) is 0 Å². The Morgan fingerprint density at radius 2 is 0.609 bits per heavy atom. The minimum absolute atomic E-state index is 0.0421. The topological polar surface area (TPSA) is 13.0 Å². The van der Waals surface area contributed by atoms with E-state index >= 15 is 0 Å². The summed E-state index contributed by atoms with van der Waals surface area (Å²) in [6, 6.07) is 88.5. The largest absolute Gasteiger partial charge is 0.311 e. The Balaban J connectivity index is 0.977. The Hall–Kier alpha value is -9.81. The third-order valence-corrected chi connectivity index (χ3v) is 20.4. The number of nitrogens with zero attached hydrogens (tertiary/aromatic N) is 4. The molecule has 0 aliphatic carbocycles. The van der Waals surface area contributed by atoms with Gasteiger partial charge in [-0.15, -0.1) is 11.3 Å². The van der Waals surface area contributed by atoms with Crippen LogP contribution >= 0.6 is 11.3 Å². The zero-order valence-electron chi connectivity index (χ0n) is 50.3. The van der Waals surface area contributed by atoms with Crippen LogP contribution < -0.4 is 52.4 Å². The summed E-state index contributed by atoms with van der Waals surface area (Å²) in [5.74, 6) is 0. The molecular formula is C80H62B2N4S. The molecule has 5 heterocycles. The van der Waals surface area contributed by atoms with E-state index in [0.29, 0.717) is 0 Å². The molecular weight excluding hydrogens is 1070 g/mol. The van der Waals surface area contributed by atoms with Gasteiger partial charge in [0.2, 0.25) is 0 Å². The van der Waals surface area contributed by atoms with Gasteiger partial charge in [0.25, 0.3) is 13.4 Å². The number of benzene rings is 12. The summed E-state index contributed by atoms with van der Waals surface area (Å²) >= 11 is 1.95. The number of thiophene rings is 1. The lowest BCUT2D eigenvalue weighted by molar-refractivity contribution is 1.21. The smallest absolute Gasteiger partial charge is 0.252 e. The van der Waals surface area contributed by atoms with Crippen LogP contribution in [-0.2, 0) is 0 Å². The maximum absolute atomic E-state index is 2.66. The fourth-order valence-corrected chi connectivity index (χ4v) is 16.5. The highest BCUT2D eigenvalue weighted by molar-refractivity contribution is 7.26. The molecule has 0 amide bonds. The van der Waals surface area contributed by atoms with Crippen molar-refractivity contribution in [2.24, 2.45) is 0 Å². The molecule has 12 aromatic carbocycles. The number of rotatable bonds is 6. The summed E-state index contributed by atoms with van der Waals surface area (Å²) < 4.78 is 2.59. The average Bonchev–Trinajstić information content (AvgIpc) is 1.46. The zero-order valence-corrected chi connectivity index (χ0v) is 51.1. The lowest BCUT2D eigenvalue weighted by Crippen LogP contribution is -2.61. The molecule has 0 unspecified atom stereocenters. The van der Waals surface area contributed by atoms with Gasteiger partial charge in [-0.2, -0.15) is 0 Å². The third kappa shape index (κ3) is 7.78. The molecule has 0 saturated heterocycles. The van der Waals surface area contributed by atoms with E-state index in [1.54, 1.807) is 0 Å². The summed E-state index contributed by atoms with van der Waals surface area (Å²) in [5.41, 5.74) is 37.2. The third-order valence-electron chi connectivity index (χ3n) is 19.3. The van der Waals surface area contributed by atoms with Crippen molar-refractivity contribution >= 4 is 146 Å². The van der Waals surface area contributed by atoms with Crippen LogP contribution in [0, 0.1) is 55.4 Å². The van der Waals surface area contributed by atoms with Crippen molar-refractivity contribution in [3.8, 4) is 22.3 Å². The molecule has 0 saturated carbocycles. The minimum Gasteiger partial charge on any atom is -0.311 e. The van der Waals surface area contributed by atoms with Crippen LogP contribution in [0.2, 0.25) is 0 Å². The van der Waals surface area contributed by atoms with Crippen LogP contribution in [0.1, 0.15) is 44.5 Å². The van der Waals surface area contributed by atoms with Crippen molar-refractivity contribution in [3.05, 3.63) is 275 Å². The molecule has 0 radical (unpaired) electrons. The number of anilines is 12. The molecule has 1 aromatic heterocycles. The van der Waals surface area contributed by atoms with Gasteiger partial charge in [0.1, 0.15) is 0 Å². The average molecular weight is 1130 g/mol. The maximum atomic E-state index is 2.66. The second-order valence-corrected chi connectivity index (χ2v) is 26.1. The predicted octanol–water partition coefficient (Wildman–Crippen LogP) is 18.0. The lowest BCUT2D eigenvalue weighted by Gasteiger charge is -2.45. The summed E-state index contributed by atoms with van der Waals surface area (Å²) in [5, 5.41) is 2.54. The van der Waals surface area contributed by atoms with Gasteiger partial charge in [0, 0.05) is 77.0 Å². The summed E-state index contributed by atoms with van der Waals surface area (Å²) in [4.78, 5) is 10.4. The minimum atomic E-state index is -0.0421. The molecule has 4 aliphatic heterocycles. The van der Waals surface area contributed by atoms with E-state index < -0.39 is 0 Å². The molecule has 0 bridgehead atoms. The van der Waals surface area contributed by atoms with Crippen LogP contribution in [0.25, 0.3) is 42.4 Å². The molecule has 0 N–H and O–H groups in total. The van der Waals surface area contributed by atoms with E-state index in [0.717, 1.165) is 11.4 Å². The summed E-state index contributed by atoms with van der Waals surface area (Å²) in [7, 11) is 0. The molecule has 13 aromatic rings. The molecule has 4 aliphatic rings. The molecule has 7 heteroatoms. The second kappa shape index (κ2) is 19.4. The van der Waals surface area contributed by atoms with Gasteiger partial charge in [-0.1, -0.05) is 168 Å². The van der Waals surface area contributed by atoms with Crippen molar-refractivity contribution < 1.29 is 0 Å². The molecule has 414 valence electrons. The molecule has 87 heavy (non-hydrogen) atoms. The van der Waals surface area contributed by atoms with Crippen molar-refractivity contribution in [2.45, 2.75) is 55.4 Å². The highest BCUT2D eigenvalue weighted by Gasteiger charge is 2.47. The van der Waals surface area contributed by atoms with Crippen molar-refractivity contribution in [2.75, 3.05) is 19.6 Å². The first-order valence-corrected chi connectivity index (χ1v) is 31.4. The summed E-state index contributed by atoms with van der Waals surface area (Å²) in [6.07, 6.45) is 0. The van der Waals surface area contributed by atoms with E-state index in [1.165, 1.54) is 177 Å². The Labute approximate surface area is 515 Å². The molecule has 17 rings (SSSR count).